The van der Waals surface area contributed by atoms with Crippen molar-refractivity contribution in [3.63, 3.8) is 0 Å². The molecule has 0 aliphatic carbocycles. The summed E-state index contributed by atoms with van der Waals surface area (Å²) in [5.41, 5.74) is 7.89. The van der Waals surface area contributed by atoms with Crippen LogP contribution in [0.15, 0.2) is 152 Å². The van der Waals surface area contributed by atoms with E-state index >= 15 is 0 Å². The van der Waals surface area contributed by atoms with Crippen molar-refractivity contribution in [1.82, 2.24) is 0 Å². The molecular weight excluding hydrogens is 659 g/mol. The van der Waals surface area contributed by atoms with Gasteiger partial charge in [-0.25, -0.2) is 0 Å². The monoisotopic (exact) mass is 694 g/mol. The third-order valence-corrected chi connectivity index (χ3v) is 7.27. The summed E-state index contributed by atoms with van der Waals surface area (Å²) < 4.78 is 0. The molecule has 0 heterocycles. The number of hydrogen-bond acceptors (Lipinski definition) is 0. The van der Waals surface area contributed by atoms with Crippen molar-refractivity contribution in [2.45, 2.75) is 13.8 Å². The smallest absolute Gasteiger partial charge is 0.358 e. The van der Waals surface area contributed by atoms with E-state index < -0.39 is 0 Å². The van der Waals surface area contributed by atoms with E-state index in [0.29, 0.717) is 0 Å². The molecule has 7 aromatic carbocycles. The number of benzene rings is 5. The molecule has 43 heavy (non-hydrogen) atoms. The second-order valence-corrected chi connectivity index (χ2v) is 10.7. The fraction of sp³-hybridized carbons (Fsp3) is 0.0513. The molecule has 0 saturated carbocycles. The van der Waals surface area contributed by atoms with Crippen LogP contribution in [-0.4, -0.2) is 10.2 Å². The van der Waals surface area contributed by atoms with E-state index in [2.05, 4.69) is 147 Å². The Kier molecular flexibility index (Phi) is 16.5. The van der Waals surface area contributed by atoms with Gasteiger partial charge in [-0.15, -0.1) is 93.9 Å². The first kappa shape index (κ1) is 38.0. The van der Waals surface area contributed by atoms with Gasteiger partial charge < -0.3 is 7.43 Å². The number of halogens is 2. The van der Waals surface area contributed by atoms with Crippen molar-refractivity contribution >= 4 is 61.8 Å². The van der Waals surface area contributed by atoms with Crippen molar-refractivity contribution in [3.8, 4) is 22.3 Å². The molecule has 0 aromatic heterocycles. The Bertz CT molecular complexity index is 1660. The summed E-state index contributed by atoms with van der Waals surface area (Å²) in [7, 11) is 1.90. The van der Waals surface area contributed by atoms with Crippen molar-refractivity contribution in [2.75, 3.05) is 0 Å². The molecule has 0 nitrogen and oxygen atoms in total. The predicted molar refractivity (Wildman–Crippen MR) is 195 cm³/mol. The maximum absolute atomic E-state index is 2.26. The van der Waals surface area contributed by atoms with Gasteiger partial charge in [-0.05, 0) is 11.1 Å². The van der Waals surface area contributed by atoms with Gasteiger partial charge >= 0.3 is 26.2 Å². The van der Waals surface area contributed by atoms with Crippen LogP contribution in [0.25, 0.3) is 43.8 Å². The molecule has 4 heteroatoms. The summed E-state index contributed by atoms with van der Waals surface area (Å²) in [6.07, 6.45) is 0. The molecule has 7 rings (SSSR count). The Morgan fingerprint density at radius 2 is 0.814 bits per heavy atom. The van der Waals surface area contributed by atoms with Crippen molar-refractivity contribution < 1.29 is 26.2 Å². The van der Waals surface area contributed by atoms with Gasteiger partial charge in [0.05, 0.1) is 0 Å². The summed E-state index contributed by atoms with van der Waals surface area (Å²) >= 11 is 0. The molecular formula is C39H38Cl2SiZr. The van der Waals surface area contributed by atoms with E-state index in [1.807, 2.05) is 28.4 Å². The molecule has 0 aliphatic rings. The first-order valence-electron chi connectivity index (χ1n) is 13.4. The van der Waals surface area contributed by atoms with Gasteiger partial charge in [0.2, 0.25) is 0 Å². The van der Waals surface area contributed by atoms with E-state index in [0.717, 1.165) is 0 Å². The normalized spacial score (nSPS) is 9.47. The van der Waals surface area contributed by atoms with Crippen LogP contribution in [0, 0.1) is 21.3 Å². The molecule has 0 fully saturated rings. The summed E-state index contributed by atoms with van der Waals surface area (Å²) in [6.45, 7) is 4.30. The molecule has 0 atom stereocenters. The van der Waals surface area contributed by atoms with E-state index in [1.54, 1.807) is 0 Å². The van der Waals surface area contributed by atoms with Crippen LogP contribution in [0.4, 0.5) is 0 Å². The third kappa shape index (κ3) is 10.0. The zero-order valence-electron chi connectivity index (χ0n) is 25.0. The van der Waals surface area contributed by atoms with Crippen LogP contribution in [0.2, 0.25) is 0 Å². The fourth-order valence-corrected chi connectivity index (χ4v) is 5.26. The summed E-state index contributed by atoms with van der Waals surface area (Å²) in [4.78, 5) is 0. The molecule has 2 radical (unpaired) electrons. The second kappa shape index (κ2) is 18.6. The molecule has 0 amide bonds. The summed E-state index contributed by atoms with van der Waals surface area (Å²) in [5, 5.41) is 6.72. The first-order chi connectivity index (χ1) is 19.1. The number of fused-ring (bicyclic) bond motifs is 2. The number of hydrogen-bond donors (Lipinski definition) is 0. The van der Waals surface area contributed by atoms with Crippen molar-refractivity contribution in [2.24, 2.45) is 0 Å². The average molecular weight is 697 g/mol. The van der Waals surface area contributed by atoms with E-state index in [4.69, 9.17) is 0 Å². The Hall–Kier alpha value is -3.00. The summed E-state index contributed by atoms with van der Waals surface area (Å²) in [5.74, 6) is 0. The minimum atomic E-state index is 0. The van der Waals surface area contributed by atoms with E-state index in [9.17, 15) is 0 Å². The van der Waals surface area contributed by atoms with Crippen LogP contribution in [-0.2, 0) is 26.2 Å². The molecule has 7 aromatic rings. The Morgan fingerprint density at radius 3 is 1.14 bits per heavy atom. The maximum atomic E-state index is 2.26. The molecule has 0 saturated heterocycles. The van der Waals surface area contributed by atoms with Gasteiger partial charge in [-0.2, -0.15) is 12.1 Å². The topological polar surface area (TPSA) is 0 Å². The van der Waals surface area contributed by atoms with Crippen LogP contribution < -0.4 is 5.19 Å². The van der Waals surface area contributed by atoms with Crippen LogP contribution >= 0.6 is 24.8 Å². The van der Waals surface area contributed by atoms with Crippen LogP contribution in [0.5, 0.6) is 0 Å². The number of rotatable bonds is 2. The van der Waals surface area contributed by atoms with Crippen molar-refractivity contribution in [3.05, 3.63) is 170 Å². The Labute approximate surface area is 292 Å². The molecule has 0 spiro atoms. The predicted octanol–water partition coefficient (Wildman–Crippen LogP) is 10.3. The third-order valence-electron chi connectivity index (χ3n) is 6.80. The van der Waals surface area contributed by atoms with E-state index in [1.165, 1.54) is 60.1 Å². The van der Waals surface area contributed by atoms with Gasteiger partial charge in [0.15, 0.2) is 0 Å². The van der Waals surface area contributed by atoms with Crippen LogP contribution in [0.3, 0.4) is 0 Å². The Morgan fingerprint density at radius 1 is 0.465 bits per heavy atom. The second-order valence-electron chi connectivity index (χ2n) is 9.90. The summed E-state index contributed by atoms with van der Waals surface area (Å²) in [6, 6.07) is 53.4. The molecule has 0 unspecified atom stereocenters. The van der Waals surface area contributed by atoms with Crippen molar-refractivity contribution in [1.29, 1.82) is 0 Å². The van der Waals surface area contributed by atoms with Gasteiger partial charge in [0.25, 0.3) is 0 Å². The quantitative estimate of drug-likeness (QED) is 0.125. The molecule has 0 bridgehead atoms. The zero-order chi connectivity index (χ0) is 27.0. The van der Waals surface area contributed by atoms with Crippen LogP contribution in [0.1, 0.15) is 11.1 Å². The molecule has 0 aliphatic heterocycles. The average Bonchev–Trinajstić information content (AvgIpc) is 3.55. The zero-order valence-corrected chi connectivity index (χ0v) is 30.5. The minimum absolute atomic E-state index is 0. The van der Waals surface area contributed by atoms with Gasteiger partial charge in [0.1, 0.15) is 0 Å². The first-order valence-corrected chi connectivity index (χ1v) is 14.1. The van der Waals surface area contributed by atoms with Gasteiger partial charge in [-0.1, -0.05) is 133 Å². The molecule has 0 N–H and O–H groups in total. The maximum Gasteiger partial charge on any atom is 3.00 e. The fourth-order valence-electron chi connectivity index (χ4n) is 4.99. The SMILES string of the molecule is Cc1cc2c(-c3ccccc3)cccc2[cH-]1.Cc1cc2c(-c3ccccc3)cccc2[cH-]1.Cl.Cl.[CH3-].[SiH2]c1ccccc1.[Zr+3]. The Balaban J connectivity index is 0.000000328. The van der Waals surface area contributed by atoms with E-state index in [-0.39, 0.29) is 58.4 Å². The largest absolute Gasteiger partial charge is 3.00 e. The number of aryl methyl sites for hydroxylation is 2. The van der Waals surface area contributed by atoms with Gasteiger partial charge in [-0.3, -0.25) is 0 Å². The van der Waals surface area contributed by atoms with Gasteiger partial charge in [0, 0.05) is 10.2 Å². The minimum Gasteiger partial charge on any atom is -0.358 e. The molecule has 216 valence electrons. The standard InChI is InChI=1S/2C16H13.C6H7Si.CH3.2ClH.Zr/c2*1-12-10-14-8-5-9-15(16(14)11-12)13-6-3-2-4-7-13;7-6-4-2-1-3-5-6;;;;/h2*2-11H,1H3;1-5H,7H2;1H3;2*1H;/q2*-1;;-1;;;+3.